The van der Waals surface area contributed by atoms with Crippen LogP contribution < -0.4 is 0 Å². The van der Waals surface area contributed by atoms with Gasteiger partial charge in [0.25, 0.3) is 0 Å². The summed E-state index contributed by atoms with van der Waals surface area (Å²) in [5, 5.41) is 1.16. The van der Waals surface area contributed by atoms with Crippen molar-refractivity contribution in [3.05, 3.63) is 42.0 Å². The van der Waals surface area contributed by atoms with E-state index >= 15 is 0 Å². The number of hydrogen-bond acceptors (Lipinski definition) is 0. The maximum absolute atomic E-state index is 3.47. The summed E-state index contributed by atoms with van der Waals surface area (Å²) < 4.78 is 0. The number of hydrogen-bond donors (Lipinski definition) is 0. The van der Waals surface area contributed by atoms with Crippen molar-refractivity contribution >= 4 is 22.0 Å². The molecule has 0 N–H and O–H groups in total. The topological polar surface area (TPSA) is 0 Å². The number of halogens is 1. The standard InChI is InChI=1S/C17H25Br/c18-16-12-7-5-3-1-2-4-6-9-13-17-14-10-8-11-15-17/h8-11,13-15H,1-7,12,16H2/b13-9+. The van der Waals surface area contributed by atoms with Gasteiger partial charge in [0, 0.05) is 5.33 Å². The van der Waals surface area contributed by atoms with E-state index < -0.39 is 0 Å². The summed E-state index contributed by atoms with van der Waals surface area (Å²) in [5.41, 5.74) is 1.31. The van der Waals surface area contributed by atoms with Crippen molar-refractivity contribution in [3.63, 3.8) is 0 Å². The van der Waals surface area contributed by atoms with Crippen LogP contribution in [0.1, 0.15) is 56.9 Å². The molecule has 0 spiro atoms. The molecule has 0 radical (unpaired) electrons. The smallest absolute Gasteiger partial charge is 0.00313 e. The Bertz CT molecular complexity index is 303. The van der Waals surface area contributed by atoms with E-state index in [9.17, 15) is 0 Å². The van der Waals surface area contributed by atoms with Crippen LogP contribution in [0.3, 0.4) is 0 Å². The van der Waals surface area contributed by atoms with Crippen molar-refractivity contribution in [1.82, 2.24) is 0 Å². The van der Waals surface area contributed by atoms with Crippen LogP contribution >= 0.6 is 15.9 Å². The average molecular weight is 309 g/mol. The second kappa shape index (κ2) is 11.5. The lowest BCUT2D eigenvalue weighted by atomic mass is 10.1. The fourth-order valence-corrected chi connectivity index (χ4v) is 2.42. The van der Waals surface area contributed by atoms with Crippen LogP contribution in [0.4, 0.5) is 0 Å². The summed E-state index contributed by atoms with van der Waals surface area (Å²) in [4.78, 5) is 0. The first kappa shape index (κ1) is 15.5. The lowest BCUT2D eigenvalue weighted by Crippen LogP contribution is -1.80. The van der Waals surface area contributed by atoms with Gasteiger partial charge >= 0.3 is 0 Å². The minimum absolute atomic E-state index is 1.16. The quantitative estimate of drug-likeness (QED) is 0.356. The molecule has 0 saturated carbocycles. The summed E-state index contributed by atoms with van der Waals surface area (Å²) in [6.07, 6.45) is 15.4. The van der Waals surface area contributed by atoms with E-state index in [1.54, 1.807) is 0 Å². The molecule has 100 valence electrons. The van der Waals surface area contributed by atoms with Crippen molar-refractivity contribution in [2.24, 2.45) is 0 Å². The molecule has 1 aromatic rings. The molecule has 18 heavy (non-hydrogen) atoms. The summed E-state index contributed by atoms with van der Waals surface area (Å²) >= 11 is 3.47. The van der Waals surface area contributed by atoms with E-state index in [2.05, 4.69) is 58.4 Å². The Kier molecular flexibility index (Phi) is 9.92. The van der Waals surface area contributed by atoms with Crippen LogP contribution in [-0.4, -0.2) is 5.33 Å². The van der Waals surface area contributed by atoms with Crippen LogP contribution in [0.15, 0.2) is 36.4 Å². The highest BCUT2D eigenvalue weighted by molar-refractivity contribution is 9.09. The van der Waals surface area contributed by atoms with E-state index in [0.29, 0.717) is 0 Å². The Morgan fingerprint density at radius 1 is 0.778 bits per heavy atom. The zero-order valence-electron chi connectivity index (χ0n) is 11.3. The van der Waals surface area contributed by atoms with Crippen LogP contribution in [0.2, 0.25) is 0 Å². The largest absolute Gasteiger partial charge is 0.0928 e. The number of benzene rings is 1. The molecule has 1 aromatic carbocycles. The molecule has 0 heterocycles. The minimum Gasteiger partial charge on any atom is -0.0928 e. The first-order chi connectivity index (χ1) is 8.93. The van der Waals surface area contributed by atoms with Gasteiger partial charge in [0.15, 0.2) is 0 Å². The van der Waals surface area contributed by atoms with Crippen LogP contribution in [0.5, 0.6) is 0 Å². The zero-order chi connectivity index (χ0) is 12.9. The highest BCUT2D eigenvalue weighted by atomic mass is 79.9. The molecule has 0 aliphatic carbocycles. The second-order valence-corrected chi connectivity index (χ2v) is 5.56. The van der Waals surface area contributed by atoms with Gasteiger partial charge in [-0.05, 0) is 24.8 Å². The van der Waals surface area contributed by atoms with Gasteiger partial charge in [-0.25, -0.2) is 0 Å². The zero-order valence-corrected chi connectivity index (χ0v) is 12.9. The summed E-state index contributed by atoms with van der Waals surface area (Å²) in [6.45, 7) is 0. The van der Waals surface area contributed by atoms with Gasteiger partial charge in [0.05, 0.1) is 0 Å². The minimum atomic E-state index is 1.16. The van der Waals surface area contributed by atoms with Crippen molar-refractivity contribution in [3.8, 4) is 0 Å². The normalized spacial score (nSPS) is 11.2. The lowest BCUT2D eigenvalue weighted by molar-refractivity contribution is 0.594. The molecule has 0 amide bonds. The highest BCUT2D eigenvalue weighted by Gasteiger charge is 1.90. The SMILES string of the molecule is BrCCCCCCCCC/C=C/c1ccccc1. The van der Waals surface area contributed by atoms with Crippen LogP contribution in [0, 0.1) is 0 Å². The molecule has 0 saturated heterocycles. The van der Waals surface area contributed by atoms with Crippen LogP contribution in [-0.2, 0) is 0 Å². The van der Waals surface area contributed by atoms with Crippen molar-refractivity contribution in [1.29, 1.82) is 0 Å². The van der Waals surface area contributed by atoms with E-state index in [4.69, 9.17) is 0 Å². The van der Waals surface area contributed by atoms with Gasteiger partial charge < -0.3 is 0 Å². The number of unbranched alkanes of at least 4 members (excludes halogenated alkanes) is 7. The molecule has 1 heteroatoms. The predicted molar refractivity (Wildman–Crippen MR) is 86.2 cm³/mol. The highest BCUT2D eigenvalue weighted by Crippen LogP contribution is 2.10. The maximum atomic E-state index is 3.47. The fraction of sp³-hybridized carbons (Fsp3) is 0.529. The van der Waals surface area contributed by atoms with Crippen molar-refractivity contribution < 1.29 is 0 Å². The van der Waals surface area contributed by atoms with E-state index in [0.717, 1.165) is 5.33 Å². The van der Waals surface area contributed by atoms with E-state index in [1.807, 2.05) is 0 Å². The molecule has 0 unspecified atom stereocenters. The third-order valence-corrected chi connectivity index (χ3v) is 3.68. The number of alkyl halides is 1. The molecule has 0 nitrogen and oxygen atoms in total. The van der Waals surface area contributed by atoms with Gasteiger partial charge in [-0.15, -0.1) is 0 Å². The molecule has 0 aliphatic heterocycles. The van der Waals surface area contributed by atoms with E-state index in [-0.39, 0.29) is 0 Å². The summed E-state index contributed by atoms with van der Waals surface area (Å²) in [5.74, 6) is 0. The molecular weight excluding hydrogens is 284 g/mol. The predicted octanol–water partition coefficient (Wildman–Crippen LogP) is 6.22. The van der Waals surface area contributed by atoms with Gasteiger partial charge in [0.2, 0.25) is 0 Å². The molecule has 0 fully saturated rings. The van der Waals surface area contributed by atoms with Crippen molar-refractivity contribution in [2.45, 2.75) is 51.4 Å². The first-order valence-corrected chi connectivity index (χ1v) is 8.33. The Morgan fingerprint density at radius 2 is 1.39 bits per heavy atom. The Morgan fingerprint density at radius 3 is 2.06 bits per heavy atom. The van der Waals surface area contributed by atoms with Gasteiger partial charge in [-0.1, -0.05) is 90.5 Å². The monoisotopic (exact) mass is 308 g/mol. The molecular formula is C17H25Br. The lowest BCUT2D eigenvalue weighted by Gasteiger charge is -1.99. The Labute approximate surface area is 121 Å². The van der Waals surface area contributed by atoms with Crippen LogP contribution in [0.25, 0.3) is 6.08 Å². The molecule has 0 aromatic heterocycles. The summed E-state index contributed by atoms with van der Waals surface area (Å²) in [6, 6.07) is 10.5. The molecule has 0 atom stereocenters. The number of allylic oxidation sites excluding steroid dienone is 1. The Balaban J connectivity index is 1.91. The Hall–Kier alpha value is -0.560. The number of rotatable bonds is 10. The molecule has 0 bridgehead atoms. The van der Waals surface area contributed by atoms with Crippen molar-refractivity contribution in [2.75, 3.05) is 5.33 Å². The third kappa shape index (κ3) is 8.52. The first-order valence-electron chi connectivity index (χ1n) is 7.21. The third-order valence-electron chi connectivity index (χ3n) is 3.11. The molecule has 0 aliphatic rings. The fourth-order valence-electron chi connectivity index (χ4n) is 2.02. The second-order valence-electron chi connectivity index (χ2n) is 4.77. The van der Waals surface area contributed by atoms with Gasteiger partial charge in [-0.2, -0.15) is 0 Å². The summed E-state index contributed by atoms with van der Waals surface area (Å²) in [7, 11) is 0. The van der Waals surface area contributed by atoms with E-state index in [1.165, 1.54) is 56.9 Å². The van der Waals surface area contributed by atoms with Gasteiger partial charge in [-0.3, -0.25) is 0 Å². The average Bonchev–Trinajstić information content (AvgIpc) is 2.42. The van der Waals surface area contributed by atoms with Gasteiger partial charge in [0.1, 0.15) is 0 Å². The molecule has 1 rings (SSSR count). The maximum Gasteiger partial charge on any atom is 0.00313 e.